The van der Waals surface area contributed by atoms with Gasteiger partial charge in [0.2, 0.25) is 0 Å². The SMILES string of the molecule is CC1C(N)CCC(c2nncn2C2CC2)C1(C)C. The van der Waals surface area contributed by atoms with Crippen molar-refractivity contribution in [1.29, 1.82) is 0 Å². The van der Waals surface area contributed by atoms with Crippen LogP contribution in [0.15, 0.2) is 6.33 Å². The van der Waals surface area contributed by atoms with Gasteiger partial charge in [-0.05, 0) is 37.0 Å². The van der Waals surface area contributed by atoms with Crippen LogP contribution in [0.3, 0.4) is 0 Å². The highest BCUT2D eigenvalue weighted by Crippen LogP contribution is 2.50. The van der Waals surface area contributed by atoms with Gasteiger partial charge in [0.25, 0.3) is 0 Å². The van der Waals surface area contributed by atoms with Crippen molar-refractivity contribution < 1.29 is 0 Å². The number of rotatable bonds is 2. The molecule has 2 aliphatic rings. The van der Waals surface area contributed by atoms with Gasteiger partial charge in [-0.1, -0.05) is 20.8 Å². The number of nitrogens with two attached hydrogens (primary N) is 1. The Morgan fingerprint density at radius 2 is 2.00 bits per heavy atom. The second kappa shape index (κ2) is 4.05. The third kappa shape index (κ3) is 1.78. The average molecular weight is 248 g/mol. The summed E-state index contributed by atoms with van der Waals surface area (Å²) in [6.45, 7) is 6.97. The van der Waals surface area contributed by atoms with E-state index in [2.05, 4.69) is 35.5 Å². The fourth-order valence-corrected chi connectivity index (χ4v) is 3.45. The van der Waals surface area contributed by atoms with E-state index < -0.39 is 0 Å². The minimum Gasteiger partial charge on any atom is -0.327 e. The highest BCUT2D eigenvalue weighted by molar-refractivity contribution is 5.10. The molecule has 2 aliphatic carbocycles. The largest absolute Gasteiger partial charge is 0.327 e. The summed E-state index contributed by atoms with van der Waals surface area (Å²) >= 11 is 0. The molecule has 3 rings (SSSR count). The maximum atomic E-state index is 6.24. The third-order valence-electron chi connectivity index (χ3n) is 5.36. The average Bonchev–Trinajstić information content (AvgIpc) is 3.06. The summed E-state index contributed by atoms with van der Waals surface area (Å²) in [7, 11) is 0. The lowest BCUT2D eigenvalue weighted by Gasteiger charge is -2.46. The molecule has 0 aromatic carbocycles. The highest BCUT2D eigenvalue weighted by atomic mass is 15.3. The predicted octanol–water partition coefficient (Wildman–Crippen LogP) is 2.48. The molecule has 4 heteroatoms. The molecule has 18 heavy (non-hydrogen) atoms. The van der Waals surface area contributed by atoms with E-state index >= 15 is 0 Å². The van der Waals surface area contributed by atoms with Gasteiger partial charge in [-0.2, -0.15) is 0 Å². The number of aromatic nitrogens is 3. The molecule has 3 atom stereocenters. The van der Waals surface area contributed by atoms with Crippen LogP contribution < -0.4 is 5.73 Å². The van der Waals surface area contributed by atoms with E-state index in [9.17, 15) is 0 Å². The summed E-state index contributed by atoms with van der Waals surface area (Å²) in [6.07, 6.45) is 6.74. The van der Waals surface area contributed by atoms with Crippen LogP contribution in [0, 0.1) is 11.3 Å². The molecule has 0 spiro atoms. The maximum Gasteiger partial charge on any atom is 0.136 e. The molecular formula is C14H24N4. The van der Waals surface area contributed by atoms with E-state index in [0.717, 1.165) is 12.8 Å². The Morgan fingerprint density at radius 1 is 1.28 bits per heavy atom. The molecule has 2 fully saturated rings. The van der Waals surface area contributed by atoms with Gasteiger partial charge in [-0.3, -0.25) is 0 Å². The van der Waals surface area contributed by atoms with E-state index in [1.165, 1.54) is 18.7 Å². The van der Waals surface area contributed by atoms with E-state index in [-0.39, 0.29) is 5.41 Å². The predicted molar refractivity (Wildman–Crippen MR) is 71.2 cm³/mol. The molecule has 4 nitrogen and oxygen atoms in total. The van der Waals surface area contributed by atoms with Gasteiger partial charge in [-0.15, -0.1) is 10.2 Å². The zero-order chi connectivity index (χ0) is 12.9. The zero-order valence-electron chi connectivity index (χ0n) is 11.6. The molecule has 1 heterocycles. The normalized spacial score (nSPS) is 35.7. The summed E-state index contributed by atoms with van der Waals surface area (Å²) in [5.74, 6) is 2.22. The molecule has 3 unspecified atom stereocenters. The van der Waals surface area contributed by atoms with Crippen molar-refractivity contribution in [2.75, 3.05) is 0 Å². The second-order valence-electron chi connectivity index (χ2n) is 6.73. The van der Waals surface area contributed by atoms with E-state index in [1.54, 1.807) is 0 Å². The lowest BCUT2D eigenvalue weighted by molar-refractivity contribution is 0.0926. The molecular weight excluding hydrogens is 224 g/mol. The smallest absolute Gasteiger partial charge is 0.136 e. The summed E-state index contributed by atoms with van der Waals surface area (Å²) in [4.78, 5) is 0. The number of hydrogen-bond donors (Lipinski definition) is 1. The lowest BCUT2D eigenvalue weighted by Crippen LogP contribution is -2.46. The van der Waals surface area contributed by atoms with Gasteiger partial charge in [0.05, 0.1) is 0 Å². The van der Waals surface area contributed by atoms with Crippen LogP contribution in [0.4, 0.5) is 0 Å². The van der Waals surface area contributed by atoms with Crippen LogP contribution >= 0.6 is 0 Å². The van der Waals surface area contributed by atoms with Crippen molar-refractivity contribution in [1.82, 2.24) is 14.8 Å². The molecule has 0 amide bonds. The van der Waals surface area contributed by atoms with Crippen molar-refractivity contribution in [2.45, 2.75) is 64.5 Å². The van der Waals surface area contributed by atoms with Gasteiger partial charge < -0.3 is 10.3 Å². The quantitative estimate of drug-likeness (QED) is 0.874. The van der Waals surface area contributed by atoms with Crippen LogP contribution in [0.25, 0.3) is 0 Å². The first-order chi connectivity index (χ1) is 8.51. The van der Waals surface area contributed by atoms with Gasteiger partial charge in [-0.25, -0.2) is 0 Å². The van der Waals surface area contributed by atoms with Gasteiger partial charge in [0.1, 0.15) is 12.2 Å². The van der Waals surface area contributed by atoms with Crippen LogP contribution in [0.5, 0.6) is 0 Å². The van der Waals surface area contributed by atoms with Crippen molar-refractivity contribution >= 4 is 0 Å². The molecule has 0 saturated heterocycles. The van der Waals surface area contributed by atoms with Gasteiger partial charge >= 0.3 is 0 Å². The summed E-state index contributed by atoms with van der Waals surface area (Å²) in [6, 6.07) is 0.991. The Morgan fingerprint density at radius 3 is 2.67 bits per heavy atom. The fourth-order valence-electron chi connectivity index (χ4n) is 3.45. The number of nitrogens with zero attached hydrogens (tertiary/aromatic N) is 3. The first-order valence-corrected chi connectivity index (χ1v) is 7.16. The van der Waals surface area contributed by atoms with Crippen molar-refractivity contribution in [3.05, 3.63) is 12.2 Å². The lowest BCUT2D eigenvalue weighted by atomic mass is 9.61. The molecule has 2 saturated carbocycles. The molecule has 0 aliphatic heterocycles. The second-order valence-corrected chi connectivity index (χ2v) is 6.73. The van der Waals surface area contributed by atoms with Crippen LogP contribution in [-0.4, -0.2) is 20.8 Å². The Labute approximate surface area is 109 Å². The van der Waals surface area contributed by atoms with Crippen LogP contribution in [0.2, 0.25) is 0 Å². The minimum atomic E-state index is 0.206. The van der Waals surface area contributed by atoms with Gasteiger partial charge in [0.15, 0.2) is 0 Å². The van der Waals surface area contributed by atoms with Crippen LogP contribution in [0.1, 0.15) is 64.2 Å². The van der Waals surface area contributed by atoms with Gasteiger partial charge in [0, 0.05) is 18.0 Å². The summed E-state index contributed by atoms with van der Waals surface area (Å²) in [5.41, 5.74) is 6.44. The molecule has 1 aromatic rings. The van der Waals surface area contributed by atoms with Crippen molar-refractivity contribution in [2.24, 2.45) is 17.1 Å². The van der Waals surface area contributed by atoms with E-state index in [1.807, 2.05) is 6.33 Å². The summed E-state index contributed by atoms with van der Waals surface area (Å²) in [5, 5.41) is 8.58. The third-order valence-corrected chi connectivity index (χ3v) is 5.36. The highest BCUT2D eigenvalue weighted by Gasteiger charge is 2.45. The monoisotopic (exact) mass is 248 g/mol. The molecule has 2 N–H and O–H groups in total. The van der Waals surface area contributed by atoms with Crippen LogP contribution in [-0.2, 0) is 0 Å². The zero-order valence-corrected chi connectivity index (χ0v) is 11.6. The fraction of sp³-hybridized carbons (Fsp3) is 0.857. The van der Waals surface area contributed by atoms with Crippen molar-refractivity contribution in [3.8, 4) is 0 Å². The Kier molecular flexibility index (Phi) is 2.73. The van der Waals surface area contributed by atoms with Crippen molar-refractivity contribution in [3.63, 3.8) is 0 Å². The molecule has 1 aromatic heterocycles. The minimum absolute atomic E-state index is 0.206. The maximum absolute atomic E-state index is 6.24. The molecule has 0 bridgehead atoms. The Bertz CT molecular complexity index is 433. The summed E-state index contributed by atoms with van der Waals surface area (Å²) < 4.78 is 2.32. The first kappa shape index (κ1) is 12.2. The Balaban J connectivity index is 1.93. The standard InChI is InChI=1S/C14H24N4/c1-9-12(15)7-6-11(14(9,2)3)13-17-16-8-18(13)10-4-5-10/h8-12H,4-7,15H2,1-3H3. The number of hydrogen-bond acceptors (Lipinski definition) is 3. The van der Waals surface area contributed by atoms with E-state index in [0.29, 0.717) is 23.9 Å². The first-order valence-electron chi connectivity index (χ1n) is 7.16. The molecule has 0 radical (unpaired) electrons. The van der Waals surface area contributed by atoms with E-state index in [4.69, 9.17) is 5.73 Å². The topological polar surface area (TPSA) is 56.7 Å². The molecule has 100 valence electrons. The Hall–Kier alpha value is -0.900.